The molecule has 1 heterocycles. The third-order valence-electron chi connectivity index (χ3n) is 3.68. The van der Waals surface area contributed by atoms with E-state index < -0.39 is 0 Å². The molecule has 1 aromatic rings. The molecule has 0 bridgehead atoms. The summed E-state index contributed by atoms with van der Waals surface area (Å²) in [5.74, 6) is 2.14. The summed E-state index contributed by atoms with van der Waals surface area (Å²) in [6.45, 7) is 7.38. The molecule has 0 radical (unpaired) electrons. The first-order chi connectivity index (χ1) is 9.04. The summed E-state index contributed by atoms with van der Waals surface area (Å²) in [5.41, 5.74) is 0.143. The van der Waals surface area contributed by atoms with E-state index in [2.05, 4.69) is 36.3 Å². The van der Waals surface area contributed by atoms with Crippen molar-refractivity contribution in [3.05, 3.63) is 11.8 Å². The van der Waals surface area contributed by atoms with Gasteiger partial charge < -0.3 is 9.73 Å². The molecule has 2 rings (SSSR count). The van der Waals surface area contributed by atoms with Crippen LogP contribution in [0.15, 0.2) is 4.42 Å². The summed E-state index contributed by atoms with van der Waals surface area (Å²) in [4.78, 5) is 0. The highest BCUT2D eigenvalue weighted by Gasteiger charge is 2.20. The minimum absolute atomic E-state index is 0.143. The molecule has 0 unspecified atom stereocenters. The maximum absolute atomic E-state index is 5.83. The smallest absolute Gasteiger partial charge is 0.219 e. The Kier molecular flexibility index (Phi) is 4.97. The van der Waals surface area contributed by atoms with Gasteiger partial charge in [-0.05, 0) is 33.6 Å². The van der Waals surface area contributed by atoms with E-state index in [1.807, 2.05) is 0 Å². The van der Waals surface area contributed by atoms with Crippen molar-refractivity contribution >= 4 is 0 Å². The van der Waals surface area contributed by atoms with E-state index in [9.17, 15) is 0 Å². The molecule has 4 nitrogen and oxygen atoms in total. The molecule has 1 saturated carbocycles. The molecular weight excluding hydrogens is 238 g/mol. The average molecular weight is 265 g/mol. The van der Waals surface area contributed by atoms with Gasteiger partial charge in [-0.3, -0.25) is 0 Å². The van der Waals surface area contributed by atoms with Gasteiger partial charge in [-0.2, -0.15) is 0 Å². The van der Waals surface area contributed by atoms with Crippen LogP contribution < -0.4 is 5.32 Å². The Hall–Kier alpha value is -0.900. The second kappa shape index (κ2) is 6.51. The lowest BCUT2D eigenvalue weighted by Crippen LogP contribution is -2.37. The second-order valence-corrected chi connectivity index (χ2v) is 6.65. The van der Waals surface area contributed by atoms with Gasteiger partial charge in [0.15, 0.2) is 0 Å². The Morgan fingerprint density at radius 2 is 1.79 bits per heavy atom. The summed E-state index contributed by atoms with van der Waals surface area (Å²) >= 11 is 0. The summed E-state index contributed by atoms with van der Waals surface area (Å²) in [6, 6.07) is 0. The van der Waals surface area contributed by atoms with E-state index in [0.717, 1.165) is 24.7 Å². The largest absolute Gasteiger partial charge is 0.425 e. The van der Waals surface area contributed by atoms with Gasteiger partial charge in [-0.1, -0.05) is 25.7 Å². The van der Waals surface area contributed by atoms with Gasteiger partial charge in [0.25, 0.3) is 0 Å². The summed E-state index contributed by atoms with van der Waals surface area (Å²) in [7, 11) is 0. The van der Waals surface area contributed by atoms with Crippen LogP contribution in [0.2, 0.25) is 0 Å². The molecule has 1 aliphatic rings. The topological polar surface area (TPSA) is 51.0 Å². The zero-order valence-electron chi connectivity index (χ0n) is 12.5. The van der Waals surface area contributed by atoms with Crippen LogP contribution >= 0.6 is 0 Å². The lowest BCUT2D eigenvalue weighted by molar-refractivity contribution is 0.378. The monoisotopic (exact) mass is 265 g/mol. The van der Waals surface area contributed by atoms with Crippen LogP contribution in [0, 0.1) is 0 Å². The van der Waals surface area contributed by atoms with Gasteiger partial charge in [-0.25, -0.2) is 0 Å². The van der Waals surface area contributed by atoms with Gasteiger partial charge in [0.1, 0.15) is 0 Å². The SMILES string of the molecule is CC(C)(C)NCCc1nnc(C2CCCCCC2)o1. The molecule has 0 aromatic carbocycles. The van der Waals surface area contributed by atoms with Crippen molar-refractivity contribution in [2.45, 2.75) is 77.2 Å². The Bertz CT molecular complexity index is 373. The Morgan fingerprint density at radius 3 is 2.42 bits per heavy atom. The molecule has 1 fully saturated rings. The van der Waals surface area contributed by atoms with Crippen LogP contribution in [0.3, 0.4) is 0 Å². The van der Waals surface area contributed by atoms with E-state index in [1.165, 1.54) is 38.5 Å². The highest BCUT2D eigenvalue weighted by molar-refractivity contribution is 4.93. The Balaban J connectivity index is 1.84. The first-order valence-corrected chi connectivity index (χ1v) is 7.62. The molecule has 0 amide bonds. The predicted molar refractivity (Wildman–Crippen MR) is 76.2 cm³/mol. The molecule has 1 N–H and O–H groups in total. The number of hydrogen-bond donors (Lipinski definition) is 1. The maximum atomic E-state index is 5.83. The van der Waals surface area contributed by atoms with Crippen LogP contribution in [0.5, 0.6) is 0 Å². The van der Waals surface area contributed by atoms with Crippen molar-refractivity contribution in [2.75, 3.05) is 6.54 Å². The minimum Gasteiger partial charge on any atom is -0.425 e. The molecule has 0 spiro atoms. The fourth-order valence-electron chi connectivity index (χ4n) is 2.60. The van der Waals surface area contributed by atoms with Crippen molar-refractivity contribution in [2.24, 2.45) is 0 Å². The molecule has 0 atom stereocenters. The van der Waals surface area contributed by atoms with Crippen LogP contribution in [0.1, 0.15) is 77.0 Å². The summed E-state index contributed by atoms with van der Waals surface area (Å²) in [5, 5.41) is 11.9. The number of rotatable bonds is 4. The van der Waals surface area contributed by atoms with Crippen molar-refractivity contribution in [3.8, 4) is 0 Å². The van der Waals surface area contributed by atoms with Gasteiger partial charge in [-0.15, -0.1) is 10.2 Å². The summed E-state index contributed by atoms with van der Waals surface area (Å²) in [6.07, 6.45) is 8.54. The van der Waals surface area contributed by atoms with E-state index >= 15 is 0 Å². The van der Waals surface area contributed by atoms with Crippen molar-refractivity contribution in [1.29, 1.82) is 0 Å². The highest BCUT2D eigenvalue weighted by atomic mass is 16.4. The normalized spacial score (nSPS) is 18.5. The third kappa shape index (κ3) is 4.94. The van der Waals surface area contributed by atoms with Gasteiger partial charge in [0.2, 0.25) is 11.8 Å². The Morgan fingerprint density at radius 1 is 1.11 bits per heavy atom. The molecule has 0 aliphatic heterocycles. The van der Waals surface area contributed by atoms with Crippen LogP contribution in [0.25, 0.3) is 0 Å². The van der Waals surface area contributed by atoms with E-state index in [0.29, 0.717) is 5.92 Å². The molecule has 1 aliphatic carbocycles. The zero-order valence-corrected chi connectivity index (χ0v) is 12.5. The maximum Gasteiger partial charge on any atom is 0.219 e. The fourth-order valence-corrected chi connectivity index (χ4v) is 2.60. The van der Waals surface area contributed by atoms with Gasteiger partial charge in [0, 0.05) is 24.4 Å². The van der Waals surface area contributed by atoms with E-state index in [1.54, 1.807) is 0 Å². The quantitative estimate of drug-likeness (QED) is 0.847. The first-order valence-electron chi connectivity index (χ1n) is 7.62. The molecule has 1 aromatic heterocycles. The first kappa shape index (κ1) is 14.5. The third-order valence-corrected chi connectivity index (χ3v) is 3.68. The number of aromatic nitrogens is 2. The molecular formula is C15H27N3O. The van der Waals surface area contributed by atoms with E-state index in [-0.39, 0.29) is 5.54 Å². The van der Waals surface area contributed by atoms with Crippen LogP contribution in [-0.2, 0) is 6.42 Å². The standard InChI is InChI=1S/C15H27N3O/c1-15(2,3)16-11-10-13-17-18-14(19-13)12-8-6-4-5-7-9-12/h12,16H,4-11H2,1-3H3. The lowest BCUT2D eigenvalue weighted by Gasteiger charge is -2.19. The number of nitrogens with one attached hydrogen (secondary N) is 1. The number of hydrogen-bond acceptors (Lipinski definition) is 4. The van der Waals surface area contributed by atoms with Crippen molar-refractivity contribution in [3.63, 3.8) is 0 Å². The van der Waals surface area contributed by atoms with Gasteiger partial charge in [0.05, 0.1) is 0 Å². The molecule has 19 heavy (non-hydrogen) atoms. The lowest BCUT2D eigenvalue weighted by atomic mass is 10.0. The van der Waals surface area contributed by atoms with Gasteiger partial charge >= 0.3 is 0 Å². The van der Waals surface area contributed by atoms with Crippen molar-refractivity contribution < 1.29 is 4.42 Å². The number of nitrogens with zero attached hydrogens (tertiary/aromatic N) is 2. The molecule has 0 saturated heterocycles. The minimum atomic E-state index is 0.143. The van der Waals surface area contributed by atoms with Crippen molar-refractivity contribution in [1.82, 2.24) is 15.5 Å². The second-order valence-electron chi connectivity index (χ2n) is 6.65. The van der Waals surface area contributed by atoms with Crippen LogP contribution in [0.4, 0.5) is 0 Å². The Labute approximate surface area is 116 Å². The molecule has 4 heteroatoms. The fraction of sp³-hybridized carbons (Fsp3) is 0.867. The zero-order chi connectivity index (χ0) is 13.7. The average Bonchev–Trinajstić information content (AvgIpc) is 2.62. The predicted octanol–water partition coefficient (Wildman–Crippen LogP) is 3.44. The van der Waals surface area contributed by atoms with Crippen LogP contribution in [-0.4, -0.2) is 22.3 Å². The summed E-state index contributed by atoms with van der Waals surface area (Å²) < 4.78 is 5.83. The highest BCUT2D eigenvalue weighted by Crippen LogP contribution is 2.30. The van der Waals surface area contributed by atoms with E-state index in [4.69, 9.17) is 4.42 Å². The molecule has 108 valence electrons.